The summed E-state index contributed by atoms with van der Waals surface area (Å²) in [6.45, 7) is 0. The van der Waals surface area contributed by atoms with Gasteiger partial charge in [-0.3, -0.25) is 0 Å². The van der Waals surface area contributed by atoms with Crippen molar-refractivity contribution in [3.8, 4) is 6.07 Å². The molecule has 0 spiro atoms. The van der Waals surface area contributed by atoms with Crippen LogP contribution in [-0.4, -0.2) is 11.1 Å². The van der Waals surface area contributed by atoms with Crippen molar-refractivity contribution in [3.05, 3.63) is 57.8 Å². The maximum Gasteiger partial charge on any atom is 0.338 e. The first kappa shape index (κ1) is 14.6. The highest BCUT2D eigenvalue weighted by molar-refractivity contribution is 9.10. The molecule has 1 N–H and O–H groups in total. The SMILES string of the molecule is N#Cc1ccc(Sc2ccc(F)c(C(=O)O)c2)c(Br)c1. The van der Waals surface area contributed by atoms with E-state index in [1.807, 2.05) is 6.07 Å². The third-order valence-corrected chi connectivity index (χ3v) is 4.44. The van der Waals surface area contributed by atoms with Crippen molar-refractivity contribution in [2.24, 2.45) is 0 Å². The Labute approximate surface area is 127 Å². The van der Waals surface area contributed by atoms with E-state index in [4.69, 9.17) is 10.4 Å². The van der Waals surface area contributed by atoms with Crippen LogP contribution < -0.4 is 0 Å². The molecule has 0 radical (unpaired) electrons. The summed E-state index contributed by atoms with van der Waals surface area (Å²) in [7, 11) is 0. The molecular weight excluding hydrogens is 345 g/mol. The Bertz CT molecular complexity index is 728. The zero-order chi connectivity index (χ0) is 14.7. The molecule has 0 amide bonds. The van der Waals surface area contributed by atoms with Crippen LogP contribution in [-0.2, 0) is 0 Å². The van der Waals surface area contributed by atoms with Gasteiger partial charge in [-0.05, 0) is 52.3 Å². The van der Waals surface area contributed by atoms with Crippen molar-refractivity contribution in [3.63, 3.8) is 0 Å². The van der Waals surface area contributed by atoms with Gasteiger partial charge in [0.2, 0.25) is 0 Å². The molecule has 3 nitrogen and oxygen atoms in total. The van der Waals surface area contributed by atoms with Gasteiger partial charge < -0.3 is 5.11 Å². The van der Waals surface area contributed by atoms with Crippen LogP contribution in [0.15, 0.2) is 50.7 Å². The third-order valence-electron chi connectivity index (χ3n) is 2.46. The topological polar surface area (TPSA) is 61.1 Å². The number of hydrogen-bond acceptors (Lipinski definition) is 3. The summed E-state index contributed by atoms with van der Waals surface area (Å²) >= 11 is 4.63. The minimum atomic E-state index is -1.30. The molecule has 0 saturated carbocycles. The Morgan fingerprint density at radius 3 is 2.65 bits per heavy atom. The molecule has 2 aromatic carbocycles. The first-order valence-electron chi connectivity index (χ1n) is 5.41. The fourth-order valence-electron chi connectivity index (χ4n) is 1.51. The smallest absolute Gasteiger partial charge is 0.338 e. The number of aromatic carboxylic acids is 1. The quantitative estimate of drug-likeness (QED) is 0.894. The average molecular weight is 352 g/mol. The lowest BCUT2D eigenvalue weighted by atomic mass is 10.2. The molecule has 100 valence electrons. The zero-order valence-electron chi connectivity index (χ0n) is 9.93. The summed E-state index contributed by atoms with van der Waals surface area (Å²) < 4.78 is 14.0. The Kier molecular flexibility index (Phi) is 4.42. The molecule has 0 fully saturated rings. The highest BCUT2D eigenvalue weighted by atomic mass is 79.9. The van der Waals surface area contributed by atoms with Gasteiger partial charge in [0, 0.05) is 14.3 Å². The van der Waals surface area contributed by atoms with Crippen LogP contribution in [0.2, 0.25) is 0 Å². The number of halogens is 2. The Morgan fingerprint density at radius 1 is 1.30 bits per heavy atom. The van der Waals surface area contributed by atoms with Gasteiger partial charge in [-0.15, -0.1) is 0 Å². The first-order chi connectivity index (χ1) is 9.51. The number of nitrogens with zero attached hydrogens (tertiary/aromatic N) is 1. The third kappa shape index (κ3) is 3.18. The van der Waals surface area contributed by atoms with Gasteiger partial charge in [0.15, 0.2) is 0 Å². The van der Waals surface area contributed by atoms with Crippen LogP contribution in [0.3, 0.4) is 0 Å². The van der Waals surface area contributed by atoms with E-state index in [2.05, 4.69) is 15.9 Å². The van der Waals surface area contributed by atoms with E-state index in [0.717, 1.165) is 15.4 Å². The van der Waals surface area contributed by atoms with Gasteiger partial charge >= 0.3 is 5.97 Å². The zero-order valence-corrected chi connectivity index (χ0v) is 12.3. The molecule has 2 aromatic rings. The summed E-state index contributed by atoms with van der Waals surface area (Å²) in [4.78, 5) is 12.3. The van der Waals surface area contributed by atoms with Crippen LogP contribution in [0.5, 0.6) is 0 Å². The highest BCUT2D eigenvalue weighted by Gasteiger charge is 2.12. The molecule has 0 aromatic heterocycles. The molecule has 0 atom stereocenters. The minimum absolute atomic E-state index is 0.361. The van der Waals surface area contributed by atoms with Crippen LogP contribution in [0.25, 0.3) is 0 Å². The van der Waals surface area contributed by atoms with Crippen molar-refractivity contribution in [1.29, 1.82) is 5.26 Å². The lowest BCUT2D eigenvalue weighted by Crippen LogP contribution is -2.00. The van der Waals surface area contributed by atoms with E-state index < -0.39 is 11.8 Å². The molecule has 0 aliphatic rings. The number of rotatable bonds is 3. The number of carbonyl (C=O) groups is 1. The molecular formula is C14H7BrFNO2S. The van der Waals surface area contributed by atoms with E-state index in [9.17, 15) is 9.18 Å². The molecule has 0 bridgehead atoms. The number of benzene rings is 2. The molecule has 0 aliphatic heterocycles. The highest BCUT2D eigenvalue weighted by Crippen LogP contribution is 2.34. The molecule has 0 saturated heterocycles. The second kappa shape index (κ2) is 6.07. The molecule has 6 heteroatoms. The predicted molar refractivity (Wildman–Crippen MR) is 76.3 cm³/mol. The van der Waals surface area contributed by atoms with Crippen LogP contribution in [0, 0.1) is 17.1 Å². The summed E-state index contributed by atoms with van der Waals surface area (Å²) in [5.41, 5.74) is 0.159. The molecule has 0 aliphatic carbocycles. The molecule has 20 heavy (non-hydrogen) atoms. The first-order valence-corrected chi connectivity index (χ1v) is 7.02. The lowest BCUT2D eigenvalue weighted by Gasteiger charge is -2.06. The van der Waals surface area contributed by atoms with Crippen molar-refractivity contribution >= 4 is 33.7 Å². The van der Waals surface area contributed by atoms with Crippen molar-refractivity contribution in [2.45, 2.75) is 9.79 Å². The second-order valence-electron chi connectivity index (χ2n) is 3.81. The van der Waals surface area contributed by atoms with E-state index in [1.54, 1.807) is 18.2 Å². The fourth-order valence-corrected chi connectivity index (χ4v) is 2.99. The normalized spacial score (nSPS) is 10.1. The Balaban J connectivity index is 2.33. The largest absolute Gasteiger partial charge is 0.478 e. The molecule has 0 unspecified atom stereocenters. The van der Waals surface area contributed by atoms with E-state index in [0.29, 0.717) is 10.5 Å². The summed E-state index contributed by atoms with van der Waals surface area (Å²) in [6, 6.07) is 11.0. The lowest BCUT2D eigenvalue weighted by molar-refractivity contribution is 0.0691. The predicted octanol–water partition coefficient (Wildman–Crippen LogP) is 4.31. The van der Waals surface area contributed by atoms with Gasteiger partial charge in [0.25, 0.3) is 0 Å². The van der Waals surface area contributed by atoms with E-state index >= 15 is 0 Å². The Hall–Kier alpha value is -1.84. The van der Waals surface area contributed by atoms with Crippen molar-refractivity contribution < 1.29 is 14.3 Å². The summed E-state index contributed by atoms with van der Waals surface area (Å²) in [6.07, 6.45) is 0. The number of hydrogen-bond donors (Lipinski definition) is 1. The van der Waals surface area contributed by atoms with Gasteiger partial charge in [0.1, 0.15) is 5.82 Å². The van der Waals surface area contributed by atoms with E-state index in [1.165, 1.54) is 23.9 Å². The van der Waals surface area contributed by atoms with Crippen molar-refractivity contribution in [2.75, 3.05) is 0 Å². The summed E-state index contributed by atoms with van der Waals surface area (Å²) in [5.74, 6) is -2.07. The number of carboxylic acid groups (broad SMARTS) is 1. The van der Waals surface area contributed by atoms with Crippen molar-refractivity contribution in [1.82, 2.24) is 0 Å². The van der Waals surface area contributed by atoms with Crippen LogP contribution in [0.1, 0.15) is 15.9 Å². The second-order valence-corrected chi connectivity index (χ2v) is 5.78. The monoisotopic (exact) mass is 351 g/mol. The maximum atomic E-state index is 13.3. The van der Waals surface area contributed by atoms with Crippen LogP contribution >= 0.6 is 27.7 Å². The minimum Gasteiger partial charge on any atom is -0.478 e. The maximum absolute atomic E-state index is 13.3. The number of nitriles is 1. The standard InChI is InChI=1S/C14H7BrFNO2S/c15-11-5-8(7-17)1-4-13(11)20-9-2-3-12(16)10(6-9)14(18)19/h1-6H,(H,18,19). The average Bonchev–Trinajstić information content (AvgIpc) is 2.42. The summed E-state index contributed by atoms with van der Waals surface area (Å²) in [5, 5.41) is 17.7. The van der Waals surface area contributed by atoms with Gasteiger partial charge in [-0.25, -0.2) is 9.18 Å². The molecule has 2 rings (SSSR count). The van der Waals surface area contributed by atoms with Gasteiger partial charge in [-0.2, -0.15) is 5.26 Å². The van der Waals surface area contributed by atoms with Crippen LogP contribution in [0.4, 0.5) is 4.39 Å². The fraction of sp³-hybridized carbons (Fsp3) is 0. The van der Waals surface area contributed by atoms with E-state index in [-0.39, 0.29) is 5.56 Å². The van der Waals surface area contributed by atoms with Gasteiger partial charge in [0.05, 0.1) is 17.2 Å². The Morgan fingerprint density at radius 2 is 2.05 bits per heavy atom. The molecule has 0 heterocycles. The number of carboxylic acids is 1. The van der Waals surface area contributed by atoms with Gasteiger partial charge in [-0.1, -0.05) is 11.8 Å².